The minimum absolute atomic E-state index is 0.0758. The Morgan fingerprint density at radius 2 is 2.33 bits per heavy atom. The lowest BCUT2D eigenvalue weighted by atomic mass is 10.2. The Balaban J connectivity index is 2.20. The molecule has 1 amide bonds. The van der Waals surface area contributed by atoms with Gasteiger partial charge in [-0.1, -0.05) is 6.92 Å². The second kappa shape index (κ2) is 5.44. The number of hydrogen-bond acceptors (Lipinski definition) is 3. The molecule has 1 N–H and O–H groups in total. The van der Waals surface area contributed by atoms with Crippen LogP contribution in [0.25, 0.3) is 5.82 Å². The zero-order valence-electron chi connectivity index (χ0n) is 10.5. The molecule has 5 heteroatoms. The zero-order chi connectivity index (χ0) is 13.0. The molecule has 1 unspecified atom stereocenters. The minimum Gasteiger partial charge on any atom is -0.350 e. The van der Waals surface area contributed by atoms with Gasteiger partial charge in [0.25, 0.3) is 5.91 Å². The van der Waals surface area contributed by atoms with E-state index in [-0.39, 0.29) is 11.9 Å². The van der Waals surface area contributed by atoms with Crippen molar-refractivity contribution in [3.05, 3.63) is 42.6 Å². The van der Waals surface area contributed by atoms with Crippen LogP contribution in [0.3, 0.4) is 0 Å². The minimum atomic E-state index is -0.0758. The number of imidazole rings is 1. The first-order valence-electron chi connectivity index (χ1n) is 5.96. The van der Waals surface area contributed by atoms with Gasteiger partial charge in [-0.05, 0) is 25.5 Å². The summed E-state index contributed by atoms with van der Waals surface area (Å²) in [7, 11) is 0. The number of carbonyl (C=O) groups excluding carboxylic acids is 1. The fourth-order valence-electron chi connectivity index (χ4n) is 1.50. The summed E-state index contributed by atoms with van der Waals surface area (Å²) in [5.41, 5.74) is 0.606. The fraction of sp³-hybridized carbons (Fsp3) is 0.308. The normalized spacial score (nSPS) is 12.1. The molecule has 0 spiro atoms. The second-order valence-electron chi connectivity index (χ2n) is 4.16. The van der Waals surface area contributed by atoms with Crippen molar-refractivity contribution < 1.29 is 4.79 Å². The van der Waals surface area contributed by atoms with Crippen molar-refractivity contribution in [3.63, 3.8) is 0 Å². The van der Waals surface area contributed by atoms with Gasteiger partial charge in [0.15, 0.2) is 0 Å². The van der Waals surface area contributed by atoms with Crippen LogP contribution in [0.2, 0.25) is 0 Å². The molecule has 2 heterocycles. The predicted octanol–water partition coefficient (Wildman–Crippen LogP) is 1.80. The predicted molar refractivity (Wildman–Crippen MR) is 68.6 cm³/mol. The molecule has 2 aromatic rings. The molecule has 0 aliphatic heterocycles. The molecular weight excluding hydrogens is 228 g/mol. The molecule has 0 aromatic carbocycles. The van der Waals surface area contributed by atoms with E-state index in [1.165, 1.54) is 0 Å². The Hall–Kier alpha value is -2.17. The van der Waals surface area contributed by atoms with E-state index in [1.807, 2.05) is 13.8 Å². The van der Waals surface area contributed by atoms with Crippen LogP contribution in [0.4, 0.5) is 0 Å². The Morgan fingerprint density at radius 3 is 3.00 bits per heavy atom. The second-order valence-corrected chi connectivity index (χ2v) is 4.16. The fourth-order valence-corrected chi connectivity index (χ4v) is 1.50. The molecule has 0 radical (unpaired) electrons. The summed E-state index contributed by atoms with van der Waals surface area (Å²) < 4.78 is 1.76. The first kappa shape index (κ1) is 12.3. The van der Waals surface area contributed by atoms with E-state index in [9.17, 15) is 4.79 Å². The van der Waals surface area contributed by atoms with Crippen molar-refractivity contribution in [3.8, 4) is 5.82 Å². The van der Waals surface area contributed by atoms with E-state index < -0.39 is 0 Å². The molecule has 0 saturated carbocycles. The van der Waals surface area contributed by atoms with Crippen LogP contribution in [-0.2, 0) is 0 Å². The smallest absolute Gasteiger partial charge is 0.251 e. The largest absolute Gasteiger partial charge is 0.350 e. The van der Waals surface area contributed by atoms with Crippen LogP contribution >= 0.6 is 0 Å². The first-order valence-corrected chi connectivity index (χ1v) is 5.96. The maximum Gasteiger partial charge on any atom is 0.251 e. The maximum atomic E-state index is 12.0. The Labute approximate surface area is 106 Å². The van der Waals surface area contributed by atoms with Crippen LogP contribution < -0.4 is 5.32 Å². The van der Waals surface area contributed by atoms with Gasteiger partial charge in [0, 0.05) is 30.2 Å². The molecule has 0 saturated heterocycles. The van der Waals surface area contributed by atoms with Crippen molar-refractivity contribution in [2.45, 2.75) is 26.3 Å². The van der Waals surface area contributed by atoms with Crippen molar-refractivity contribution >= 4 is 5.91 Å². The van der Waals surface area contributed by atoms with E-state index in [1.54, 1.807) is 41.6 Å². The van der Waals surface area contributed by atoms with Crippen molar-refractivity contribution in [2.75, 3.05) is 0 Å². The lowest BCUT2D eigenvalue weighted by molar-refractivity contribution is 0.0939. The van der Waals surface area contributed by atoms with Gasteiger partial charge in [0.1, 0.15) is 12.1 Å². The van der Waals surface area contributed by atoms with Gasteiger partial charge >= 0.3 is 0 Å². The van der Waals surface area contributed by atoms with Gasteiger partial charge in [0.05, 0.1) is 0 Å². The number of nitrogens with zero attached hydrogens (tertiary/aromatic N) is 3. The van der Waals surface area contributed by atoms with Gasteiger partial charge in [-0.3, -0.25) is 9.36 Å². The lowest BCUT2D eigenvalue weighted by Crippen LogP contribution is -2.31. The summed E-state index contributed by atoms with van der Waals surface area (Å²) in [6.45, 7) is 4.02. The summed E-state index contributed by atoms with van der Waals surface area (Å²) in [6, 6.07) is 3.62. The molecule has 5 nitrogen and oxygen atoms in total. The van der Waals surface area contributed by atoms with Gasteiger partial charge in [-0.2, -0.15) is 0 Å². The molecule has 0 aliphatic carbocycles. The number of hydrogen-bond donors (Lipinski definition) is 1. The zero-order valence-corrected chi connectivity index (χ0v) is 10.5. The summed E-state index contributed by atoms with van der Waals surface area (Å²) >= 11 is 0. The van der Waals surface area contributed by atoms with Gasteiger partial charge in [-0.25, -0.2) is 9.97 Å². The molecule has 2 aromatic heterocycles. The Bertz CT molecular complexity index is 522. The Kier molecular flexibility index (Phi) is 3.72. The highest BCUT2D eigenvalue weighted by Crippen LogP contribution is 2.07. The summed E-state index contributed by atoms with van der Waals surface area (Å²) in [5, 5.41) is 2.93. The van der Waals surface area contributed by atoms with Crippen LogP contribution in [0.1, 0.15) is 30.6 Å². The van der Waals surface area contributed by atoms with E-state index >= 15 is 0 Å². The molecule has 0 bridgehead atoms. The quantitative estimate of drug-likeness (QED) is 0.892. The standard InChI is InChI=1S/C13H16N4O/c1-3-10(2)16-13(18)11-4-5-15-12(8-11)17-7-6-14-9-17/h4-10H,3H2,1-2H3,(H,16,18). The average molecular weight is 244 g/mol. The van der Waals surface area contributed by atoms with Crippen LogP contribution in [0, 0.1) is 0 Å². The number of nitrogens with one attached hydrogen (secondary N) is 1. The highest BCUT2D eigenvalue weighted by Gasteiger charge is 2.09. The van der Waals surface area contributed by atoms with Gasteiger partial charge in [0.2, 0.25) is 0 Å². The highest BCUT2D eigenvalue weighted by atomic mass is 16.1. The third-order valence-electron chi connectivity index (χ3n) is 2.77. The number of carbonyl (C=O) groups is 1. The number of pyridine rings is 1. The molecular formula is C13H16N4O. The molecule has 94 valence electrons. The molecule has 2 rings (SSSR count). The summed E-state index contributed by atoms with van der Waals surface area (Å²) in [4.78, 5) is 20.1. The third kappa shape index (κ3) is 2.74. The van der Waals surface area contributed by atoms with E-state index in [4.69, 9.17) is 0 Å². The van der Waals surface area contributed by atoms with Crippen LogP contribution in [0.5, 0.6) is 0 Å². The lowest BCUT2D eigenvalue weighted by Gasteiger charge is -2.11. The van der Waals surface area contributed by atoms with Crippen LogP contribution in [0.15, 0.2) is 37.1 Å². The molecule has 0 aliphatic rings. The van der Waals surface area contributed by atoms with E-state index in [0.29, 0.717) is 11.4 Å². The Morgan fingerprint density at radius 1 is 1.50 bits per heavy atom. The monoisotopic (exact) mass is 244 g/mol. The summed E-state index contributed by atoms with van der Waals surface area (Å²) in [5.74, 6) is 0.609. The van der Waals surface area contributed by atoms with E-state index in [2.05, 4.69) is 15.3 Å². The van der Waals surface area contributed by atoms with E-state index in [0.717, 1.165) is 6.42 Å². The van der Waals surface area contributed by atoms with Gasteiger partial charge in [-0.15, -0.1) is 0 Å². The van der Waals surface area contributed by atoms with Gasteiger partial charge < -0.3 is 5.32 Å². The van der Waals surface area contributed by atoms with Crippen LogP contribution in [-0.4, -0.2) is 26.5 Å². The number of aromatic nitrogens is 3. The maximum absolute atomic E-state index is 12.0. The van der Waals surface area contributed by atoms with Crippen molar-refractivity contribution in [1.29, 1.82) is 0 Å². The molecule has 1 atom stereocenters. The number of rotatable bonds is 4. The first-order chi connectivity index (χ1) is 8.70. The average Bonchev–Trinajstić information content (AvgIpc) is 2.92. The SMILES string of the molecule is CCC(C)NC(=O)c1ccnc(-n2ccnc2)c1. The topological polar surface area (TPSA) is 59.8 Å². The highest BCUT2D eigenvalue weighted by molar-refractivity contribution is 5.94. The molecule has 0 fully saturated rings. The molecule has 18 heavy (non-hydrogen) atoms. The third-order valence-corrected chi connectivity index (χ3v) is 2.77. The van der Waals surface area contributed by atoms with Crippen molar-refractivity contribution in [2.24, 2.45) is 0 Å². The summed E-state index contributed by atoms with van der Waals surface area (Å²) in [6.07, 6.45) is 7.65. The number of amides is 1. The van der Waals surface area contributed by atoms with Crippen molar-refractivity contribution in [1.82, 2.24) is 19.9 Å².